The molecule has 110 valence electrons. The zero-order valence-electron chi connectivity index (χ0n) is 11.6. The number of hydrogen-bond donors (Lipinski definition) is 1. The maximum absolute atomic E-state index is 6.20. The molecule has 0 amide bonds. The lowest BCUT2D eigenvalue weighted by atomic mass is 10.2. The average molecular weight is 367 g/mol. The van der Waals surface area contributed by atoms with Gasteiger partial charge in [-0.05, 0) is 42.7 Å². The van der Waals surface area contributed by atoms with Gasteiger partial charge in [0.15, 0.2) is 0 Å². The fourth-order valence-electron chi connectivity index (χ4n) is 2.09. The minimum Gasteiger partial charge on any atom is -0.489 e. The molecule has 1 aliphatic carbocycles. The second kappa shape index (κ2) is 6.82. The topological polar surface area (TPSA) is 21.3 Å². The lowest BCUT2D eigenvalue weighted by molar-refractivity contribution is 0.306. The van der Waals surface area contributed by atoms with E-state index in [0.29, 0.717) is 6.61 Å². The van der Waals surface area contributed by atoms with Crippen molar-refractivity contribution in [1.29, 1.82) is 0 Å². The summed E-state index contributed by atoms with van der Waals surface area (Å²) < 4.78 is 6.82. The average Bonchev–Trinajstić information content (AvgIpc) is 3.29. The normalized spacial score (nSPS) is 14.2. The summed E-state index contributed by atoms with van der Waals surface area (Å²) in [5.74, 6) is 0.879. The third kappa shape index (κ3) is 4.47. The molecule has 0 unspecified atom stereocenters. The Morgan fingerprint density at radius 3 is 2.81 bits per heavy atom. The molecule has 2 aromatic rings. The van der Waals surface area contributed by atoms with Crippen molar-refractivity contribution in [3.8, 4) is 5.75 Å². The summed E-state index contributed by atoms with van der Waals surface area (Å²) in [7, 11) is 0. The standard InChI is InChI=1S/C17H17BrClNO/c18-14-5-4-13(17(19)9-14)11-21-16-3-1-2-12(8-16)10-20-15-6-7-15/h1-5,8-9,15,20H,6-7,10-11H2. The summed E-state index contributed by atoms with van der Waals surface area (Å²) in [5, 5.41) is 4.23. The molecule has 0 aliphatic heterocycles. The van der Waals surface area contributed by atoms with Gasteiger partial charge in [-0.3, -0.25) is 0 Å². The minimum atomic E-state index is 0.478. The van der Waals surface area contributed by atoms with Crippen LogP contribution in [0.5, 0.6) is 5.75 Å². The quantitative estimate of drug-likeness (QED) is 0.782. The highest BCUT2D eigenvalue weighted by Gasteiger charge is 2.19. The van der Waals surface area contributed by atoms with E-state index in [1.165, 1.54) is 18.4 Å². The van der Waals surface area contributed by atoms with Gasteiger partial charge in [-0.2, -0.15) is 0 Å². The highest BCUT2D eigenvalue weighted by molar-refractivity contribution is 9.10. The van der Waals surface area contributed by atoms with Crippen LogP contribution in [-0.4, -0.2) is 6.04 Å². The summed E-state index contributed by atoms with van der Waals surface area (Å²) in [6, 6.07) is 14.8. The molecule has 1 N–H and O–H groups in total. The van der Waals surface area contributed by atoms with Crippen molar-refractivity contribution in [2.24, 2.45) is 0 Å². The van der Waals surface area contributed by atoms with Crippen LogP contribution in [-0.2, 0) is 13.2 Å². The van der Waals surface area contributed by atoms with E-state index < -0.39 is 0 Å². The van der Waals surface area contributed by atoms with E-state index >= 15 is 0 Å². The van der Waals surface area contributed by atoms with Crippen molar-refractivity contribution in [1.82, 2.24) is 5.32 Å². The summed E-state index contributed by atoms with van der Waals surface area (Å²) in [6.07, 6.45) is 2.61. The lowest BCUT2D eigenvalue weighted by Gasteiger charge is -2.10. The molecule has 0 radical (unpaired) electrons. The van der Waals surface area contributed by atoms with Crippen molar-refractivity contribution in [3.05, 3.63) is 63.1 Å². The Bertz CT molecular complexity index is 628. The number of halogens is 2. The van der Waals surface area contributed by atoms with E-state index in [-0.39, 0.29) is 0 Å². The van der Waals surface area contributed by atoms with Crippen LogP contribution in [0.4, 0.5) is 0 Å². The zero-order chi connectivity index (χ0) is 14.7. The maximum Gasteiger partial charge on any atom is 0.120 e. The summed E-state index contributed by atoms with van der Waals surface area (Å²) in [6.45, 7) is 1.38. The van der Waals surface area contributed by atoms with Gasteiger partial charge in [-0.1, -0.05) is 45.7 Å². The Labute approximate surface area is 138 Å². The second-order valence-electron chi connectivity index (χ2n) is 5.33. The van der Waals surface area contributed by atoms with Gasteiger partial charge in [0.25, 0.3) is 0 Å². The molecular formula is C17H17BrClNO. The van der Waals surface area contributed by atoms with Crippen LogP contribution in [0.2, 0.25) is 5.02 Å². The van der Waals surface area contributed by atoms with Crippen molar-refractivity contribution < 1.29 is 4.74 Å². The largest absolute Gasteiger partial charge is 0.489 e. The molecule has 0 atom stereocenters. The number of rotatable bonds is 6. The fourth-order valence-corrected chi connectivity index (χ4v) is 2.82. The van der Waals surface area contributed by atoms with Crippen LogP contribution in [0.25, 0.3) is 0 Å². The van der Waals surface area contributed by atoms with Crippen LogP contribution in [0.1, 0.15) is 24.0 Å². The van der Waals surface area contributed by atoms with E-state index in [4.69, 9.17) is 16.3 Å². The molecule has 2 aromatic carbocycles. The predicted octanol–water partition coefficient (Wildman–Crippen LogP) is 4.93. The van der Waals surface area contributed by atoms with Gasteiger partial charge in [0.1, 0.15) is 12.4 Å². The van der Waals surface area contributed by atoms with Crippen LogP contribution < -0.4 is 10.1 Å². The highest BCUT2D eigenvalue weighted by Crippen LogP contribution is 2.24. The van der Waals surface area contributed by atoms with Crippen molar-refractivity contribution >= 4 is 27.5 Å². The maximum atomic E-state index is 6.20. The molecule has 2 nitrogen and oxygen atoms in total. The Kier molecular flexibility index (Phi) is 4.84. The Morgan fingerprint density at radius 2 is 2.05 bits per heavy atom. The molecule has 0 spiro atoms. The lowest BCUT2D eigenvalue weighted by Crippen LogP contribution is -2.15. The van der Waals surface area contributed by atoms with Crippen molar-refractivity contribution in [3.63, 3.8) is 0 Å². The number of nitrogens with one attached hydrogen (secondary N) is 1. The first kappa shape index (κ1) is 14.9. The molecule has 0 bridgehead atoms. The third-order valence-corrected chi connectivity index (χ3v) is 4.33. The fraction of sp³-hybridized carbons (Fsp3) is 0.294. The molecule has 3 rings (SSSR count). The van der Waals surface area contributed by atoms with Gasteiger partial charge in [0, 0.05) is 27.6 Å². The van der Waals surface area contributed by atoms with E-state index in [2.05, 4.69) is 33.4 Å². The minimum absolute atomic E-state index is 0.478. The number of benzene rings is 2. The van der Waals surface area contributed by atoms with Crippen LogP contribution >= 0.6 is 27.5 Å². The Morgan fingerprint density at radius 1 is 1.19 bits per heavy atom. The molecule has 0 saturated heterocycles. The smallest absolute Gasteiger partial charge is 0.120 e. The molecule has 0 aromatic heterocycles. The Balaban J connectivity index is 1.60. The molecular weight excluding hydrogens is 350 g/mol. The first-order valence-corrected chi connectivity index (χ1v) is 8.27. The number of ether oxygens (including phenoxy) is 1. The molecule has 1 fully saturated rings. The molecule has 21 heavy (non-hydrogen) atoms. The van der Waals surface area contributed by atoms with E-state index in [1.807, 2.05) is 30.3 Å². The van der Waals surface area contributed by atoms with Gasteiger partial charge < -0.3 is 10.1 Å². The molecule has 4 heteroatoms. The van der Waals surface area contributed by atoms with Crippen LogP contribution in [0.15, 0.2) is 46.9 Å². The first-order valence-electron chi connectivity index (χ1n) is 7.10. The van der Waals surface area contributed by atoms with E-state index in [9.17, 15) is 0 Å². The van der Waals surface area contributed by atoms with Gasteiger partial charge >= 0.3 is 0 Å². The van der Waals surface area contributed by atoms with Gasteiger partial charge in [0.2, 0.25) is 0 Å². The number of hydrogen-bond acceptors (Lipinski definition) is 2. The highest BCUT2D eigenvalue weighted by atomic mass is 79.9. The van der Waals surface area contributed by atoms with Gasteiger partial charge in [-0.15, -0.1) is 0 Å². The van der Waals surface area contributed by atoms with Gasteiger partial charge in [0.05, 0.1) is 0 Å². The van der Waals surface area contributed by atoms with Crippen molar-refractivity contribution in [2.75, 3.05) is 0 Å². The predicted molar refractivity (Wildman–Crippen MR) is 89.8 cm³/mol. The SMILES string of the molecule is Clc1cc(Br)ccc1COc1cccc(CNC2CC2)c1. The first-order chi connectivity index (χ1) is 10.2. The van der Waals surface area contributed by atoms with E-state index in [0.717, 1.165) is 33.4 Å². The van der Waals surface area contributed by atoms with E-state index in [1.54, 1.807) is 0 Å². The van der Waals surface area contributed by atoms with Crippen molar-refractivity contribution in [2.45, 2.75) is 32.0 Å². The Hall–Kier alpha value is -1.03. The molecule has 1 saturated carbocycles. The summed E-state index contributed by atoms with van der Waals surface area (Å²) in [5.41, 5.74) is 2.24. The third-order valence-electron chi connectivity index (χ3n) is 3.48. The summed E-state index contributed by atoms with van der Waals surface area (Å²) in [4.78, 5) is 0. The molecule has 1 aliphatic rings. The summed E-state index contributed by atoms with van der Waals surface area (Å²) >= 11 is 9.60. The zero-order valence-corrected chi connectivity index (χ0v) is 14.0. The molecule has 0 heterocycles. The monoisotopic (exact) mass is 365 g/mol. The van der Waals surface area contributed by atoms with Gasteiger partial charge in [-0.25, -0.2) is 0 Å². The van der Waals surface area contributed by atoms with Crippen LogP contribution in [0, 0.1) is 0 Å². The van der Waals surface area contributed by atoms with Crippen LogP contribution in [0.3, 0.4) is 0 Å². The second-order valence-corrected chi connectivity index (χ2v) is 6.65.